The van der Waals surface area contributed by atoms with Crippen molar-refractivity contribution in [2.75, 3.05) is 36.8 Å². The first-order valence-corrected chi connectivity index (χ1v) is 15.1. The zero-order valence-electron chi connectivity index (χ0n) is 25.5. The van der Waals surface area contributed by atoms with Gasteiger partial charge in [0, 0.05) is 50.8 Å². The number of imidazole rings is 1. The predicted octanol–water partition coefficient (Wildman–Crippen LogP) is 5.28. The van der Waals surface area contributed by atoms with Crippen molar-refractivity contribution in [2.24, 2.45) is 0 Å². The van der Waals surface area contributed by atoms with Crippen molar-refractivity contribution in [2.45, 2.75) is 20.4 Å². The maximum atomic E-state index is 13.5. The molecule has 0 radical (unpaired) electrons. The van der Waals surface area contributed by atoms with Crippen LogP contribution in [0.15, 0.2) is 85.3 Å². The smallest absolute Gasteiger partial charge is 0.234 e. The second-order valence-electron chi connectivity index (χ2n) is 10.4. The molecule has 0 bridgehead atoms. The van der Waals surface area contributed by atoms with Gasteiger partial charge in [0.1, 0.15) is 29.0 Å². The molecule has 6 heterocycles. The molecular formula is C34H32FN11. The van der Waals surface area contributed by atoms with Crippen LogP contribution in [-0.2, 0) is 6.54 Å². The maximum Gasteiger partial charge on any atom is 0.234 e. The molecule has 0 atom stereocenters. The summed E-state index contributed by atoms with van der Waals surface area (Å²) >= 11 is 0. The summed E-state index contributed by atoms with van der Waals surface area (Å²) in [6.45, 7) is 8.16. The third kappa shape index (κ3) is 6.22. The SMILES string of the molecule is CC.N#Cc1nccc(N2CCN(Cc3ccc(-n4c(-c5cccnc5N)nc5ccc(-c6ccc(F)cn6)nc54)cc3)CC2)n1. The number of nitrogens with zero attached hydrogens (tertiary/aromatic N) is 10. The molecule has 5 aromatic heterocycles. The van der Waals surface area contributed by atoms with Crippen LogP contribution in [0.25, 0.3) is 39.6 Å². The molecule has 1 saturated heterocycles. The summed E-state index contributed by atoms with van der Waals surface area (Å²) in [7, 11) is 0. The van der Waals surface area contributed by atoms with E-state index in [-0.39, 0.29) is 5.82 Å². The Hall–Kier alpha value is -5.80. The van der Waals surface area contributed by atoms with Gasteiger partial charge in [0.05, 0.1) is 23.1 Å². The maximum absolute atomic E-state index is 13.5. The van der Waals surface area contributed by atoms with E-state index in [9.17, 15) is 4.39 Å². The van der Waals surface area contributed by atoms with Crippen LogP contribution in [0.1, 0.15) is 25.2 Å². The Balaban J connectivity index is 0.00000182. The highest BCUT2D eigenvalue weighted by atomic mass is 19.1. The summed E-state index contributed by atoms with van der Waals surface area (Å²) in [5.41, 5.74) is 11.5. The number of rotatable bonds is 6. The Kier molecular flexibility index (Phi) is 8.84. The molecule has 7 rings (SSSR count). The minimum Gasteiger partial charge on any atom is -0.383 e. The van der Waals surface area contributed by atoms with Crippen LogP contribution in [0.4, 0.5) is 16.0 Å². The number of hydrogen-bond acceptors (Lipinski definition) is 10. The number of anilines is 2. The number of piperazine rings is 1. The summed E-state index contributed by atoms with van der Waals surface area (Å²) in [6, 6.07) is 22.6. The standard InChI is InChI=1S/C32H26FN11.C2H6/c33-22-5-8-25(38-19-22)26-9-10-27-32(39-26)44(31(40-27)24-2-1-12-37-30(24)35)23-6-3-21(4-7-23)20-42-14-16-43(17-15-42)29-11-13-36-28(18-34)41-29;1-2/h1-13,19H,14-17,20H2,(H2,35,37);1-2H3. The van der Waals surface area contributed by atoms with E-state index in [1.54, 1.807) is 18.5 Å². The van der Waals surface area contributed by atoms with E-state index < -0.39 is 5.82 Å². The van der Waals surface area contributed by atoms with Crippen molar-refractivity contribution < 1.29 is 4.39 Å². The van der Waals surface area contributed by atoms with Crippen LogP contribution in [0.2, 0.25) is 0 Å². The lowest BCUT2D eigenvalue weighted by atomic mass is 10.1. The average Bonchev–Trinajstić information content (AvgIpc) is 3.49. The summed E-state index contributed by atoms with van der Waals surface area (Å²) in [5.74, 6) is 1.55. The van der Waals surface area contributed by atoms with Gasteiger partial charge in [0.2, 0.25) is 5.82 Å². The van der Waals surface area contributed by atoms with Gasteiger partial charge in [-0.2, -0.15) is 5.26 Å². The first-order valence-electron chi connectivity index (χ1n) is 15.1. The summed E-state index contributed by atoms with van der Waals surface area (Å²) in [5, 5.41) is 9.12. The zero-order valence-corrected chi connectivity index (χ0v) is 25.5. The molecule has 11 nitrogen and oxygen atoms in total. The van der Waals surface area contributed by atoms with Crippen LogP contribution in [0.3, 0.4) is 0 Å². The normalized spacial score (nSPS) is 13.2. The van der Waals surface area contributed by atoms with Crippen LogP contribution in [-0.4, -0.2) is 65.5 Å². The molecule has 2 N–H and O–H groups in total. The number of hydrogen-bond donors (Lipinski definition) is 1. The number of fused-ring (bicyclic) bond motifs is 1. The first-order chi connectivity index (χ1) is 22.6. The van der Waals surface area contributed by atoms with E-state index in [0.29, 0.717) is 39.8 Å². The lowest BCUT2D eigenvalue weighted by molar-refractivity contribution is 0.249. The van der Waals surface area contributed by atoms with E-state index in [1.807, 2.05) is 54.8 Å². The van der Waals surface area contributed by atoms with Crippen LogP contribution in [0, 0.1) is 17.1 Å². The molecule has 6 aromatic rings. The van der Waals surface area contributed by atoms with Crippen molar-refractivity contribution in [3.05, 3.63) is 103 Å². The second kappa shape index (κ2) is 13.5. The fourth-order valence-electron chi connectivity index (χ4n) is 5.38. The van der Waals surface area contributed by atoms with Crippen molar-refractivity contribution in [1.29, 1.82) is 5.26 Å². The lowest BCUT2D eigenvalue weighted by Crippen LogP contribution is -2.46. The molecule has 0 unspecified atom stereocenters. The number of halogens is 1. The summed E-state index contributed by atoms with van der Waals surface area (Å²) in [4.78, 5) is 31.2. The molecular weight excluding hydrogens is 581 g/mol. The van der Waals surface area contributed by atoms with E-state index in [4.69, 9.17) is 21.0 Å². The highest BCUT2D eigenvalue weighted by Crippen LogP contribution is 2.31. The first kappa shape index (κ1) is 30.2. The van der Waals surface area contributed by atoms with E-state index in [2.05, 4.69) is 54.0 Å². The monoisotopic (exact) mass is 613 g/mol. The lowest BCUT2D eigenvalue weighted by Gasteiger charge is -2.35. The molecule has 0 aliphatic carbocycles. The molecule has 230 valence electrons. The van der Waals surface area contributed by atoms with Crippen molar-refractivity contribution in [3.63, 3.8) is 0 Å². The molecule has 1 fully saturated rings. The third-order valence-electron chi connectivity index (χ3n) is 7.61. The Morgan fingerprint density at radius 3 is 2.33 bits per heavy atom. The number of nitrogens with two attached hydrogens (primary N) is 1. The number of benzene rings is 1. The average molecular weight is 614 g/mol. The van der Waals surface area contributed by atoms with Crippen LogP contribution < -0.4 is 10.6 Å². The topological polar surface area (TPSA) is 139 Å². The highest BCUT2D eigenvalue weighted by molar-refractivity contribution is 5.84. The Bertz CT molecular complexity index is 1990. The van der Waals surface area contributed by atoms with Gasteiger partial charge in [-0.1, -0.05) is 26.0 Å². The van der Waals surface area contributed by atoms with Crippen molar-refractivity contribution in [1.82, 2.24) is 39.4 Å². The van der Waals surface area contributed by atoms with E-state index >= 15 is 0 Å². The van der Waals surface area contributed by atoms with Crippen LogP contribution >= 0.6 is 0 Å². The molecule has 0 amide bonds. The third-order valence-corrected chi connectivity index (χ3v) is 7.61. The molecule has 1 aliphatic rings. The fraction of sp³-hybridized carbons (Fsp3) is 0.206. The van der Waals surface area contributed by atoms with Gasteiger partial charge in [-0.15, -0.1) is 0 Å². The Morgan fingerprint density at radius 2 is 1.61 bits per heavy atom. The second-order valence-corrected chi connectivity index (χ2v) is 10.4. The van der Waals surface area contributed by atoms with Gasteiger partial charge in [-0.05, 0) is 60.2 Å². The molecule has 1 aliphatic heterocycles. The molecule has 0 spiro atoms. The van der Waals surface area contributed by atoms with E-state index in [1.165, 1.54) is 17.8 Å². The van der Waals surface area contributed by atoms with Gasteiger partial charge in [-0.25, -0.2) is 29.3 Å². The van der Waals surface area contributed by atoms with Crippen LogP contribution in [0.5, 0.6) is 0 Å². The molecule has 46 heavy (non-hydrogen) atoms. The summed E-state index contributed by atoms with van der Waals surface area (Å²) in [6.07, 6.45) is 4.45. The number of nitriles is 1. The van der Waals surface area contributed by atoms with Gasteiger partial charge in [0.15, 0.2) is 11.5 Å². The molecule has 1 aromatic carbocycles. The van der Waals surface area contributed by atoms with Gasteiger partial charge in [0.25, 0.3) is 0 Å². The Labute approximate surface area is 265 Å². The quantitative estimate of drug-likeness (QED) is 0.264. The highest BCUT2D eigenvalue weighted by Gasteiger charge is 2.21. The van der Waals surface area contributed by atoms with Crippen molar-refractivity contribution >= 4 is 22.8 Å². The van der Waals surface area contributed by atoms with Gasteiger partial charge in [-0.3, -0.25) is 14.5 Å². The fourth-order valence-corrected chi connectivity index (χ4v) is 5.38. The van der Waals surface area contributed by atoms with E-state index in [0.717, 1.165) is 44.2 Å². The molecule has 12 heteroatoms. The number of nitrogen functional groups attached to an aromatic ring is 1. The molecule has 0 saturated carbocycles. The summed E-state index contributed by atoms with van der Waals surface area (Å²) < 4.78 is 15.5. The minimum absolute atomic E-state index is 0.184. The minimum atomic E-state index is -0.406. The van der Waals surface area contributed by atoms with Gasteiger partial charge < -0.3 is 10.6 Å². The van der Waals surface area contributed by atoms with Crippen molar-refractivity contribution in [3.8, 4) is 34.5 Å². The zero-order chi connectivity index (χ0) is 32.0. The number of pyridine rings is 3. The Morgan fingerprint density at radius 1 is 0.826 bits per heavy atom. The van der Waals surface area contributed by atoms with Gasteiger partial charge >= 0.3 is 0 Å². The largest absolute Gasteiger partial charge is 0.383 e. The predicted molar refractivity (Wildman–Crippen MR) is 175 cm³/mol. The number of aromatic nitrogens is 7.